The van der Waals surface area contributed by atoms with Gasteiger partial charge in [0.1, 0.15) is 11.6 Å². The average Bonchev–Trinajstić information content (AvgIpc) is 3.16. The first kappa shape index (κ1) is 20.0. The van der Waals surface area contributed by atoms with Crippen LogP contribution in [-0.2, 0) is 4.74 Å². The van der Waals surface area contributed by atoms with Gasteiger partial charge in [-0.1, -0.05) is 12.1 Å². The van der Waals surface area contributed by atoms with Gasteiger partial charge in [0.25, 0.3) is 0 Å². The molecular weight excluding hydrogens is 391 g/mol. The number of H-pyrrole nitrogens is 1. The first-order valence-electron chi connectivity index (χ1n) is 9.69. The molecule has 30 heavy (non-hydrogen) atoms. The number of nitrogens with zero attached hydrogens (tertiary/aromatic N) is 3. The maximum absolute atomic E-state index is 13.2. The van der Waals surface area contributed by atoms with E-state index in [0.717, 1.165) is 29.8 Å². The largest absolute Gasteiger partial charge is 0.391 e. The van der Waals surface area contributed by atoms with Crippen molar-refractivity contribution in [2.24, 2.45) is 0 Å². The number of hydrogen-bond acceptors (Lipinski definition) is 6. The van der Waals surface area contributed by atoms with E-state index in [1.165, 1.54) is 24.3 Å². The van der Waals surface area contributed by atoms with Crippen molar-refractivity contribution in [1.82, 2.24) is 20.5 Å². The second kappa shape index (κ2) is 8.64. The summed E-state index contributed by atoms with van der Waals surface area (Å²) in [6.07, 6.45) is 0.783. The molecule has 4 rings (SSSR count). The van der Waals surface area contributed by atoms with Gasteiger partial charge in [0.2, 0.25) is 0 Å². The Morgan fingerprint density at radius 2 is 2.03 bits per heavy atom. The van der Waals surface area contributed by atoms with Crippen molar-refractivity contribution in [2.45, 2.75) is 19.1 Å². The minimum absolute atomic E-state index is 0.334. The Bertz CT molecular complexity index is 1020. The van der Waals surface area contributed by atoms with Gasteiger partial charge in [0.15, 0.2) is 5.82 Å². The number of aliphatic hydroxyl groups is 1. The quantitative estimate of drug-likeness (QED) is 0.509. The van der Waals surface area contributed by atoms with Gasteiger partial charge in [0.05, 0.1) is 36.3 Å². The molecule has 1 fully saturated rings. The van der Waals surface area contributed by atoms with Gasteiger partial charge in [-0.25, -0.2) is 14.2 Å². The van der Waals surface area contributed by atoms with Crippen LogP contribution in [-0.4, -0.2) is 58.7 Å². The van der Waals surface area contributed by atoms with Crippen molar-refractivity contribution in [3.8, 4) is 0 Å². The highest BCUT2D eigenvalue weighted by atomic mass is 19.1. The number of morpholine rings is 1. The van der Waals surface area contributed by atoms with Gasteiger partial charge in [-0.05, 0) is 24.6 Å². The van der Waals surface area contributed by atoms with Gasteiger partial charge >= 0.3 is 6.03 Å². The zero-order chi connectivity index (χ0) is 21.1. The van der Waals surface area contributed by atoms with Crippen LogP contribution in [0.1, 0.15) is 18.5 Å². The smallest absolute Gasteiger partial charge is 0.320 e. The molecule has 1 aromatic carbocycles. The lowest BCUT2D eigenvalue weighted by Gasteiger charge is -2.26. The first-order valence-corrected chi connectivity index (χ1v) is 9.69. The van der Waals surface area contributed by atoms with Crippen LogP contribution in [0, 0.1) is 5.82 Å². The maximum Gasteiger partial charge on any atom is 0.320 e. The number of ether oxygens (including phenoxy) is 1. The van der Waals surface area contributed by atoms with E-state index in [2.05, 4.69) is 30.7 Å². The lowest BCUT2D eigenvalue weighted by Crippen LogP contribution is -2.38. The molecule has 3 aromatic rings. The van der Waals surface area contributed by atoms with Crippen molar-refractivity contribution >= 4 is 28.6 Å². The summed E-state index contributed by atoms with van der Waals surface area (Å²) in [4.78, 5) is 18.9. The molecule has 0 aliphatic carbocycles. The summed E-state index contributed by atoms with van der Waals surface area (Å²) in [6, 6.07) is 6.07. The molecule has 3 heterocycles. The van der Waals surface area contributed by atoms with E-state index in [1.807, 2.05) is 0 Å². The summed E-state index contributed by atoms with van der Waals surface area (Å²) >= 11 is 0. The van der Waals surface area contributed by atoms with Crippen molar-refractivity contribution in [3.63, 3.8) is 0 Å². The van der Waals surface area contributed by atoms with Crippen molar-refractivity contribution in [1.29, 1.82) is 0 Å². The molecule has 1 saturated heterocycles. The van der Waals surface area contributed by atoms with Crippen LogP contribution >= 0.6 is 0 Å². The third-order valence-electron chi connectivity index (χ3n) is 4.98. The van der Waals surface area contributed by atoms with Gasteiger partial charge in [-0.3, -0.25) is 10.4 Å². The molecular formula is C20H23FN6O3. The van der Waals surface area contributed by atoms with Crippen molar-refractivity contribution in [3.05, 3.63) is 47.9 Å². The minimum Gasteiger partial charge on any atom is -0.391 e. The number of urea groups is 1. The van der Waals surface area contributed by atoms with Crippen molar-refractivity contribution < 1.29 is 19.0 Å². The van der Waals surface area contributed by atoms with E-state index in [0.29, 0.717) is 24.6 Å². The van der Waals surface area contributed by atoms with Gasteiger partial charge < -0.3 is 20.1 Å². The van der Waals surface area contributed by atoms with Crippen LogP contribution in [0.25, 0.3) is 10.9 Å². The summed E-state index contributed by atoms with van der Waals surface area (Å²) in [5.74, 6) is 0.754. The number of carbonyl (C=O) groups is 1. The molecule has 2 aromatic heterocycles. The fraction of sp³-hybridized carbons (Fsp3) is 0.350. The number of halogens is 1. The standard InChI is InChI=1S/C20H23FN6O3/c1-12(28)18(13-2-4-14(21)5-3-13)24-20(29)23-17-10-16-15(11-22-17)19(26-25-16)27-6-8-30-9-7-27/h2-5,10-12,18,28H,6-9H2,1H3,(H,25,26)(H2,22,23,24,29)/t12-,18+/m0/s1. The van der Waals surface area contributed by atoms with Crippen LogP contribution in [0.4, 0.5) is 20.8 Å². The molecule has 0 radical (unpaired) electrons. The number of hydrogen-bond donors (Lipinski definition) is 4. The Morgan fingerprint density at radius 1 is 1.30 bits per heavy atom. The highest BCUT2D eigenvalue weighted by molar-refractivity contribution is 5.94. The van der Waals surface area contributed by atoms with E-state index < -0.39 is 18.2 Å². The second-order valence-electron chi connectivity index (χ2n) is 7.13. The van der Waals surface area contributed by atoms with Gasteiger partial charge in [-0.2, -0.15) is 5.10 Å². The number of aliphatic hydroxyl groups excluding tert-OH is 1. The summed E-state index contributed by atoms with van der Waals surface area (Å²) in [5.41, 5.74) is 1.33. The van der Waals surface area contributed by atoms with Gasteiger partial charge in [0, 0.05) is 25.4 Å². The van der Waals surface area contributed by atoms with E-state index in [-0.39, 0.29) is 5.82 Å². The SMILES string of the molecule is C[C@H](O)[C@@H](NC(=O)Nc1cc2[nH]nc(N3CCOCC3)c2cn1)c1ccc(F)cc1. The molecule has 0 bridgehead atoms. The topological polar surface area (TPSA) is 115 Å². The summed E-state index contributed by atoms with van der Waals surface area (Å²) in [7, 11) is 0. The second-order valence-corrected chi connectivity index (χ2v) is 7.13. The van der Waals surface area contributed by atoms with Crippen molar-refractivity contribution in [2.75, 3.05) is 36.5 Å². The Kier molecular flexibility index (Phi) is 5.77. The minimum atomic E-state index is -0.875. The normalized spacial score (nSPS) is 16.3. The molecule has 4 N–H and O–H groups in total. The monoisotopic (exact) mass is 414 g/mol. The van der Waals surface area contributed by atoms with Crippen LogP contribution < -0.4 is 15.5 Å². The number of nitrogens with one attached hydrogen (secondary N) is 3. The molecule has 1 aliphatic heterocycles. The molecule has 10 heteroatoms. The van der Waals surface area contributed by atoms with E-state index >= 15 is 0 Å². The molecule has 0 spiro atoms. The van der Waals surface area contributed by atoms with E-state index in [4.69, 9.17) is 4.74 Å². The number of anilines is 2. The average molecular weight is 414 g/mol. The number of pyridine rings is 1. The summed E-state index contributed by atoms with van der Waals surface area (Å²) in [6.45, 7) is 4.37. The fourth-order valence-corrected chi connectivity index (χ4v) is 3.43. The molecule has 2 amide bonds. The number of aromatic amines is 1. The molecule has 9 nitrogen and oxygen atoms in total. The lowest BCUT2D eigenvalue weighted by molar-refractivity contribution is 0.122. The maximum atomic E-state index is 13.2. The Morgan fingerprint density at radius 3 is 2.73 bits per heavy atom. The number of rotatable bonds is 5. The predicted octanol–water partition coefficient (Wildman–Crippen LogP) is 2.18. The lowest BCUT2D eigenvalue weighted by atomic mass is 10.0. The number of carbonyl (C=O) groups excluding carboxylic acids is 1. The van der Waals surface area contributed by atoms with Gasteiger partial charge in [-0.15, -0.1) is 0 Å². The van der Waals surface area contributed by atoms with E-state index in [1.54, 1.807) is 19.2 Å². The number of fused-ring (bicyclic) bond motifs is 1. The number of benzene rings is 1. The third-order valence-corrected chi connectivity index (χ3v) is 4.98. The zero-order valence-corrected chi connectivity index (χ0v) is 16.4. The van der Waals surface area contributed by atoms with Crippen LogP contribution in [0.2, 0.25) is 0 Å². The molecule has 0 saturated carbocycles. The fourth-order valence-electron chi connectivity index (χ4n) is 3.43. The summed E-state index contributed by atoms with van der Waals surface area (Å²) in [5, 5.41) is 23.6. The van der Waals surface area contributed by atoms with Crippen LogP contribution in [0.3, 0.4) is 0 Å². The Balaban J connectivity index is 1.46. The molecule has 158 valence electrons. The summed E-state index contributed by atoms with van der Waals surface area (Å²) < 4.78 is 18.5. The molecule has 2 atom stereocenters. The molecule has 1 aliphatic rings. The Labute approximate surface area is 172 Å². The Hall–Kier alpha value is -3.24. The van der Waals surface area contributed by atoms with Crippen LogP contribution in [0.5, 0.6) is 0 Å². The molecule has 0 unspecified atom stereocenters. The predicted molar refractivity (Wildman–Crippen MR) is 110 cm³/mol. The van der Waals surface area contributed by atoms with Crippen LogP contribution in [0.15, 0.2) is 36.5 Å². The first-order chi connectivity index (χ1) is 14.5. The highest BCUT2D eigenvalue weighted by Gasteiger charge is 2.21. The highest BCUT2D eigenvalue weighted by Crippen LogP contribution is 2.25. The van der Waals surface area contributed by atoms with E-state index in [9.17, 15) is 14.3 Å². The number of aromatic nitrogens is 3. The number of amides is 2. The zero-order valence-electron chi connectivity index (χ0n) is 16.4. The third kappa shape index (κ3) is 4.34.